The van der Waals surface area contributed by atoms with Crippen LogP contribution in [0.3, 0.4) is 0 Å². The third-order valence-electron chi connectivity index (χ3n) is 5.60. The third-order valence-corrected chi connectivity index (χ3v) is 5.60. The van der Waals surface area contributed by atoms with Gasteiger partial charge in [-0.2, -0.15) is 0 Å². The first-order valence-electron chi connectivity index (χ1n) is 9.93. The summed E-state index contributed by atoms with van der Waals surface area (Å²) in [7, 11) is 5.07. The molecule has 0 spiro atoms. The summed E-state index contributed by atoms with van der Waals surface area (Å²) in [6.07, 6.45) is 1.93. The Labute approximate surface area is 172 Å². The van der Waals surface area contributed by atoms with Crippen LogP contribution in [0.2, 0.25) is 0 Å². The van der Waals surface area contributed by atoms with Gasteiger partial charge in [-0.3, -0.25) is 0 Å². The smallest absolute Gasteiger partial charge is 0.161 e. The number of nitrogens with one attached hydrogen (secondary N) is 1. The zero-order valence-corrected chi connectivity index (χ0v) is 17.2. The van der Waals surface area contributed by atoms with Gasteiger partial charge in [0.05, 0.1) is 21.3 Å². The summed E-state index contributed by atoms with van der Waals surface area (Å²) in [6.45, 7) is 0.967. The number of fused-ring (bicyclic) bond motifs is 1. The van der Waals surface area contributed by atoms with Crippen LogP contribution in [-0.2, 0) is 12.8 Å². The van der Waals surface area contributed by atoms with Gasteiger partial charge in [-0.25, -0.2) is 0 Å². The van der Waals surface area contributed by atoms with Crippen LogP contribution < -0.4 is 19.5 Å². The third kappa shape index (κ3) is 4.08. The highest BCUT2D eigenvalue weighted by atomic mass is 16.5. The van der Waals surface area contributed by atoms with Gasteiger partial charge in [-0.05, 0) is 71.5 Å². The lowest BCUT2D eigenvalue weighted by Gasteiger charge is -2.28. The topological polar surface area (TPSA) is 39.7 Å². The van der Waals surface area contributed by atoms with Crippen molar-refractivity contribution in [3.63, 3.8) is 0 Å². The van der Waals surface area contributed by atoms with E-state index in [9.17, 15) is 0 Å². The molecule has 4 heteroatoms. The maximum absolute atomic E-state index is 5.52. The second-order valence-corrected chi connectivity index (χ2v) is 7.30. The van der Waals surface area contributed by atoms with E-state index >= 15 is 0 Å². The maximum Gasteiger partial charge on any atom is 0.161 e. The summed E-state index contributed by atoms with van der Waals surface area (Å²) in [5, 5.41) is 3.66. The molecule has 0 saturated carbocycles. The van der Waals surface area contributed by atoms with Gasteiger partial charge in [0.2, 0.25) is 0 Å². The van der Waals surface area contributed by atoms with Gasteiger partial charge in [-0.1, -0.05) is 36.4 Å². The van der Waals surface area contributed by atoms with Crippen LogP contribution in [0.5, 0.6) is 17.2 Å². The van der Waals surface area contributed by atoms with Crippen LogP contribution in [0, 0.1) is 0 Å². The number of hydrogen-bond acceptors (Lipinski definition) is 4. The molecule has 0 fully saturated rings. The highest BCUT2D eigenvalue weighted by molar-refractivity contribution is 5.65. The summed E-state index contributed by atoms with van der Waals surface area (Å²) in [6, 6.07) is 21.5. The van der Waals surface area contributed by atoms with Crippen molar-refractivity contribution in [3.05, 3.63) is 77.4 Å². The molecule has 1 unspecified atom stereocenters. The summed E-state index contributed by atoms with van der Waals surface area (Å²) in [4.78, 5) is 0. The SMILES string of the molecule is COc1cccc(-c2ccc(CC3NCCc4cc(OC)c(OC)cc43)cc2)c1. The minimum Gasteiger partial charge on any atom is -0.497 e. The Balaban J connectivity index is 1.56. The van der Waals surface area contributed by atoms with Crippen molar-refractivity contribution in [2.75, 3.05) is 27.9 Å². The average Bonchev–Trinajstić information content (AvgIpc) is 2.79. The summed E-state index contributed by atoms with van der Waals surface area (Å²) in [5.74, 6) is 2.46. The molecule has 150 valence electrons. The molecule has 1 N–H and O–H groups in total. The molecule has 0 bridgehead atoms. The normalized spacial score (nSPS) is 15.5. The molecule has 0 saturated heterocycles. The molecule has 0 radical (unpaired) electrons. The fraction of sp³-hybridized carbons (Fsp3) is 0.280. The highest BCUT2D eigenvalue weighted by Crippen LogP contribution is 2.36. The maximum atomic E-state index is 5.52. The molecule has 29 heavy (non-hydrogen) atoms. The van der Waals surface area contributed by atoms with E-state index < -0.39 is 0 Å². The van der Waals surface area contributed by atoms with Gasteiger partial charge >= 0.3 is 0 Å². The standard InChI is InChI=1S/C25H27NO3/c1-27-21-6-4-5-19(14-21)18-9-7-17(8-10-18)13-23-22-16-25(29-3)24(28-2)15-20(22)11-12-26-23/h4-10,14-16,23,26H,11-13H2,1-3H3. The summed E-state index contributed by atoms with van der Waals surface area (Å²) >= 11 is 0. The van der Waals surface area contributed by atoms with Crippen molar-refractivity contribution in [2.45, 2.75) is 18.9 Å². The van der Waals surface area contributed by atoms with Gasteiger partial charge in [0, 0.05) is 6.04 Å². The lowest BCUT2D eigenvalue weighted by atomic mass is 9.89. The zero-order chi connectivity index (χ0) is 20.2. The predicted octanol–water partition coefficient (Wildman–Crippen LogP) is 4.81. The number of methoxy groups -OCH3 is 3. The van der Waals surface area contributed by atoms with E-state index in [1.165, 1.54) is 22.3 Å². The Morgan fingerprint density at radius 3 is 2.31 bits per heavy atom. The molecule has 1 aliphatic rings. The molecule has 1 atom stereocenters. The minimum atomic E-state index is 0.265. The Morgan fingerprint density at radius 2 is 1.59 bits per heavy atom. The van der Waals surface area contributed by atoms with E-state index in [0.29, 0.717) is 0 Å². The van der Waals surface area contributed by atoms with E-state index in [4.69, 9.17) is 14.2 Å². The van der Waals surface area contributed by atoms with Crippen molar-refractivity contribution in [1.82, 2.24) is 5.32 Å². The van der Waals surface area contributed by atoms with Crippen LogP contribution in [0.25, 0.3) is 11.1 Å². The van der Waals surface area contributed by atoms with Gasteiger partial charge in [-0.15, -0.1) is 0 Å². The fourth-order valence-electron chi connectivity index (χ4n) is 4.02. The lowest BCUT2D eigenvalue weighted by molar-refractivity contribution is 0.352. The molecule has 0 amide bonds. The van der Waals surface area contributed by atoms with Gasteiger partial charge in [0.15, 0.2) is 11.5 Å². The van der Waals surface area contributed by atoms with E-state index in [1.54, 1.807) is 21.3 Å². The molecule has 3 aromatic rings. The van der Waals surface area contributed by atoms with E-state index in [2.05, 4.69) is 53.8 Å². The van der Waals surface area contributed by atoms with Crippen LogP contribution in [-0.4, -0.2) is 27.9 Å². The van der Waals surface area contributed by atoms with Gasteiger partial charge < -0.3 is 19.5 Å². The first-order chi connectivity index (χ1) is 14.2. The van der Waals surface area contributed by atoms with Crippen molar-refractivity contribution in [2.24, 2.45) is 0 Å². The van der Waals surface area contributed by atoms with Crippen LogP contribution in [0.1, 0.15) is 22.7 Å². The van der Waals surface area contributed by atoms with Crippen molar-refractivity contribution in [1.29, 1.82) is 0 Å². The second-order valence-electron chi connectivity index (χ2n) is 7.30. The molecule has 4 nitrogen and oxygen atoms in total. The first-order valence-corrected chi connectivity index (χ1v) is 9.93. The zero-order valence-electron chi connectivity index (χ0n) is 17.2. The Kier molecular flexibility index (Phi) is 5.72. The van der Waals surface area contributed by atoms with E-state index in [-0.39, 0.29) is 6.04 Å². The Hall–Kier alpha value is -2.98. The quantitative estimate of drug-likeness (QED) is 0.657. The fourth-order valence-corrected chi connectivity index (χ4v) is 4.02. The van der Waals surface area contributed by atoms with Crippen molar-refractivity contribution in [3.8, 4) is 28.4 Å². The minimum absolute atomic E-state index is 0.265. The highest BCUT2D eigenvalue weighted by Gasteiger charge is 2.22. The largest absolute Gasteiger partial charge is 0.497 e. The second kappa shape index (κ2) is 8.58. The first kappa shape index (κ1) is 19.3. The lowest BCUT2D eigenvalue weighted by Crippen LogP contribution is -2.31. The van der Waals surface area contributed by atoms with Crippen LogP contribution >= 0.6 is 0 Å². The molecular weight excluding hydrogens is 362 g/mol. The predicted molar refractivity (Wildman–Crippen MR) is 116 cm³/mol. The Bertz CT molecular complexity index is 982. The van der Waals surface area contributed by atoms with Crippen LogP contribution in [0.15, 0.2) is 60.7 Å². The molecule has 0 aromatic heterocycles. The average molecular weight is 389 g/mol. The van der Waals surface area contributed by atoms with Crippen molar-refractivity contribution < 1.29 is 14.2 Å². The van der Waals surface area contributed by atoms with Crippen LogP contribution in [0.4, 0.5) is 0 Å². The summed E-state index contributed by atoms with van der Waals surface area (Å²) in [5.41, 5.74) is 6.28. The van der Waals surface area contributed by atoms with E-state index in [1.807, 2.05) is 12.1 Å². The summed E-state index contributed by atoms with van der Waals surface area (Å²) < 4.78 is 16.3. The molecular formula is C25H27NO3. The number of benzene rings is 3. The van der Waals surface area contributed by atoms with Gasteiger partial charge in [0.1, 0.15) is 5.75 Å². The number of rotatable bonds is 6. The molecule has 0 aliphatic carbocycles. The monoisotopic (exact) mass is 389 g/mol. The Morgan fingerprint density at radius 1 is 0.828 bits per heavy atom. The number of hydrogen-bond donors (Lipinski definition) is 1. The molecule has 1 heterocycles. The van der Waals surface area contributed by atoms with Gasteiger partial charge in [0.25, 0.3) is 0 Å². The van der Waals surface area contributed by atoms with E-state index in [0.717, 1.165) is 42.2 Å². The molecule has 1 aliphatic heterocycles. The number of ether oxygens (including phenoxy) is 3. The molecule has 4 rings (SSSR count). The molecule has 3 aromatic carbocycles. The van der Waals surface area contributed by atoms with Crippen molar-refractivity contribution >= 4 is 0 Å².